The van der Waals surface area contributed by atoms with Crippen LogP contribution in [0.25, 0.3) is 10.8 Å². The minimum absolute atomic E-state index is 0.301. The molecule has 4 nitrogen and oxygen atoms in total. The molecule has 0 saturated carbocycles. The number of nitrogens with zero attached hydrogens (tertiary/aromatic N) is 1. The molecule has 5 heteroatoms. The number of hydrogen-bond acceptors (Lipinski definition) is 2. The smallest absolute Gasteiger partial charge is 0.326 e. The van der Waals surface area contributed by atoms with Crippen molar-refractivity contribution in [1.29, 1.82) is 0 Å². The van der Waals surface area contributed by atoms with Crippen molar-refractivity contribution in [3.8, 4) is 0 Å². The number of carboxylic acids is 1. The SMILES string of the molecule is CC(C(=O)O)n1ccc2cccc(Br)c2c1=O. The van der Waals surface area contributed by atoms with Crippen LogP contribution >= 0.6 is 15.9 Å². The van der Waals surface area contributed by atoms with Gasteiger partial charge in [0.25, 0.3) is 5.56 Å². The van der Waals surface area contributed by atoms with Gasteiger partial charge in [-0.25, -0.2) is 4.79 Å². The first-order valence-corrected chi connectivity index (χ1v) is 5.84. The largest absolute Gasteiger partial charge is 0.480 e. The lowest BCUT2D eigenvalue weighted by Gasteiger charge is -2.11. The van der Waals surface area contributed by atoms with Gasteiger partial charge in [-0.3, -0.25) is 4.79 Å². The lowest BCUT2D eigenvalue weighted by atomic mass is 10.1. The van der Waals surface area contributed by atoms with E-state index < -0.39 is 12.0 Å². The quantitative estimate of drug-likeness (QED) is 0.925. The third kappa shape index (κ3) is 1.98. The Bertz CT molecular complexity index is 648. The third-order valence-electron chi connectivity index (χ3n) is 2.68. The fourth-order valence-electron chi connectivity index (χ4n) is 1.69. The molecule has 0 radical (unpaired) electrons. The summed E-state index contributed by atoms with van der Waals surface area (Å²) in [7, 11) is 0. The Morgan fingerprint density at radius 1 is 1.41 bits per heavy atom. The van der Waals surface area contributed by atoms with Gasteiger partial charge in [0, 0.05) is 10.7 Å². The molecule has 0 aliphatic rings. The van der Waals surface area contributed by atoms with Crippen molar-refractivity contribution in [2.24, 2.45) is 0 Å². The van der Waals surface area contributed by atoms with E-state index in [4.69, 9.17) is 5.11 Å². The van der Waals surface area contributed by atoms with Crippen LogP contribution in [0.5, 0.6) is 0 Å². The highest BCUT2D eigenvalue weighted by atomic mass is 79.9. The maximum Gasteiger partial charge on any atom is 0.326 e. The van der Waals surface area contributed by atoms with E-state index in [0.717, 1.165) is 5.39 Å². The van der Waals surface area contributed by atoms with Crippen molar-refractivity contribution in [2.75, 3.05) is 0 Å². The van der Waals surface area contributed by atoms with Gasteiger partial charge in [-0.1, -0.05) is 12.1 Å². The predicted octanol–water partition coefficient (Wildman–Crippen LogP) is 2.41. The molecule has 0 bridgehead atoms. The van der Waals surface area contributed by atoms with Crippen molar-refractivity contribution in [1.82, 2.24) is 4.57 Å². The van der Waals surface area contributed by atoms with Crippen molar-refractivity contribution in [2.45, 2.75) is 13.0 Å². The molecule has 1 heterocycles. The molecule has 1 aromatic carbocycles. The highest BCUT2D eigenvalue weighted by Gasteiger charge is 2.16. The predicted molar refractivity (Wildman–Crippen MR) is 68.3 cm³/mol. The second kappa shape index (κ2) is 4.33. The molecule has 1 unspecified atom stereocenters. The fourth-order valence-corrected chi connectivity index (χ4v) is 2.24. The Morgan fingerprint density at radius 3 is 2.76 bits per heavy atom. The third-order valence-corrected chi connectivity index (χ3v) is 3.34. The number of rotatable bonds is 2. The summed E-state index contributed by atoms with van der Waals surface area (Å²) in [6, 6.07) is 6.27. The molecule has 0 fully saturated rings. The minimum Gasteiger partial charge on any atom is -0.480 e. The summed E-state index contributed by atoms with van der Waals surface area (Å²) >= 11 is 3.31. The van der Waals surface area contributed by atoms with Crippen LogP contribution in [0, 0.1) is 0 Å². The van der Waals surface area contributed by atoms with Crippen LogP contribution in [0.15, 0.2) is 39.7 Å². The summed E-state index contributed by atoms with van der Waals surface area (Å²) in [4.78, 5) is 23.1. The summed E-state index contributed by atoms with van der Waals surface area (Å²) < 4.78 is 1.89. The average Bonchev–Trinajstić information content (AvgIpc) is 2.28. The Balaban J connectivity index is 2.78. The lowest BCUT2D eigenvalue weighted by Crippen LogP contribution is -2.27. The Labute approximate surface area is 106 Å². The molecule has 0 saturated heterocycles. The molecule has 1 atom stereocenters. The Hall–Kier alpha value is -1.62. The van der Waals surface area contributed by atoms with E-state index in [-0.39, 0.29) is 5.56 Å². The Morgan fingerprint density at radius 2 is 2.12 bits per heavy atom. The molecule has 2 aromatic rings. The molecule has 1 aromatic heterocycles. The molecule has 17 heavy (non-hydrogen) atoms. The highest BCUT2D eigenvalue weighted by molar-refractivity contribution is 9.10. The van der Waals surface area contributed by atoms with Crippen molar-refractivity contribution >= 4 is 32.7 Å². The van der Waals surface area contributed by atoms with Gasteiger partial charge in [0.15, 0.2) is 0 Å². The maximum absolute atomic E-state index is 12.2. The van der Waals surface area contributed by atoms with Gasteiger partial charge >= 0.3 is 5.97 Å². The van der Waals surface area contributed by atoms with Crippen LogP contribution in [-0.4, -0.2) is 15.6 Å². The first-order valence-electron chi connectivity index (χ1n) is 5.04. The number of carbonyl (C=O) groups is 1. The number of hydrogen-bond donors (Lipinski definition) is 1. The van der Waals surface area contributed by atoms with Crippen LogP contribution in [0.1, 0.15) is 13.0 Å². The molecule has 0 spiro atoms. The number of carboxylic acid groups (broad SMARTS) is 1. The Kier molecular flexibility index (Phi) is 3.02. The van der Waals surface area contributed by atoms with Gasteiger partial charge in [-0.05, 0) is 40.4 Å². The van der Waals surface area contributed by atoms with E-state index in [0.29, 0.717) is 9.86 Å². The van der Waals surface area contributed by atoms with Gasteiger partial charge in [-0.15, -0.1) is 0 Å². The molecule has 0 aliphatic heterocycles. The topological polar surface area (TPSA) is 59.3 Å². The zero-order chi connectivity index (χ0) is 12.6. The van der Waals surface area contributed by atoms with E-state index in [1.807, 2.05) is 12.1 Å². The lowest BCUT2D eigenvalue weighted by molar-refractivity contribution is -0.140. The standard InChI is InChI=1S/C12H10BrNO3/c1-7(12(16)17)14-6-5-8-3-2-4-9(13)10(8)11(14)15/h2-7H,1H3,(H,16,17). The number of halogens is 1. The summed E-state index contributed by atoms with van der Waals surface area (Å²) in [5.74, 6) is -1.03. The molecule has 0 amide bonds. The fraction of sp³-hybridized carbons (Fsp3) is 0.167. The van der Waals surface area contributed by atoms with Gasteiger partial charge in [0.05, 0.1) is 5.39 Å². The van der Waals surface area contributed by atoms with Crippen molar-refractivity contribution in [3.63, 3.8) is 0 Å². The van der Waals surface area contributed by atoms with Crippen LogP contribution in [-0.2, 0) is 4.79 Å². The number of aromatic nitrogens is 1. The molecular weight excluding hydrogens is 286 g/mol. The highest BCUT2D eigenvalue weighted by Crippen LogP contribution is 2.20. The van der Waals surface area contributed by atoms with E-state index in [1.165, 1.54) is 17.7 Å². The van der Waals surface area contributed by atoms with Crippen LogP contribution in [0.3, 0.4) is 0 Å². The van der Waals surface area contributed by atoms with Crippen molar-refractivity contribution in [3.05, 3.63) is 45.3 Å². The second-order valence-electron chi connectivity index (χ2n) is 3.75. The zero-order valence-corrected chi connectivity index (χ0v) is 10.6. The summed E-state index contributed by atoms with van der Waals surface area (Å²) in [5.41, 5.74) is -0.301. The first-order chi connectivity index (χ1) is 8.02. The minimum atomic E-state index is -1.03. The van der Waals surface area contributed by atoms with Crippen molar-refractivity contribution < 1.29 is 9.90 Å². The van der Waals surface area contributed by atoms with Gasteiger partial charge < -0.3 is 9.67 Å². The number of aliphatic carboxylic acids is 1. The molecule has 2 rings (SSSR count). The monoisotopic (exact) mass is 295 g/mol. The number of pyridine rings is 1. The average molecular weight is 296 g/mol. The number of fused-ring (bicyclic) bond motifs is 1. The van der Waals surface area contributed by atoms with E-state index >= 15 is 0 Å². The summed E-state index contributed by atoms with van der Waals surface area (Å²) in [5, 5.41) is 10.2. The number of benzene rings is 1. The van der Waals surface area contributed by atoms with Gasteiger partial charge in [-0.2, -0.15) is 0 Å². The molecule has 1 N–H and O–H groups in total. The normalized spacial score (nSPS) is 12.6. The van der Waals surface area contributed by atoms with E-state index in [9.17, 15) is 9.59 Å². The van der Waals surface area contributed by atoms with Crippen LogP contribution in [0.4, 0.5) is 0 Å². The van der Waals surface area contributed by atoms with Gasteiger partial charge in [0.2, 0.25) is 0 Å². The molecule has 0 aliphatic carbocycles. The van der Waals surface area contributed by atoms with E-state index in [1.54, 1.807) is 12.1 Å². The summed E-state index contributed by atoms with van der Waals surface area (Å²) in [6.45, 7) is 1.48. The molecular formula is C12H10BrNO3. The van der Waals surface area contributed by atoms with Crippen LogP contribution < -0.4 is 5.56 Å². The van der Waals surface area contributed by atoms with Crippen LogP contribution in [0.2, 0.25) is 0 Å². The molecule has 88 valence electrons. The van der Waals surface area contributed by atoms with Gasteiger partial charge in [0.1, 0.15) is 6.04 Å². The first kappa shape index (κ1) is 11.9. The second-order valence-corrected chi connectivity index (χ2v) is 4.60. The maximum atomic E-state index is 12.2. The van der Waals surface area contributed by atoms with E-state index in [2.05, 4.69) is 15.9 Å². The zero-order valence-electron chi connectivity index (χ0n) is 9.05. The summed E-state index contributed by atoms with van der Waals surface area (Å²) in [6.07, 6.45) is 1.51.